The zero-order valence-electron chi connectivity index (χ0n) is 10.1. The molecule has 92 valence electrons. The number of nitrogens with two attached hydrogens (primary N) is 1. The van der Waals surface area contributed by atoms with Crippen LogP contribution in [0.1, 0.15) is 57.8 Å². The third-order valence-electron chi connectivity index (χ3n) is 4.22. The number of carbonyl (C=O) groups is 1. The topological polar surface area (TPSA) is 55.1 Å². The maximum Gasteiger partial charge on any atom is 0.240 e. The molecule has 2 saturated carbocycles. The van der Waals surface area contributed by atoms with Crippen LogP contribution in [-0.2, 0) is 4.79 Å². The molecular formula is C13H24N2O. The Balaban J connectivity index is 1.77. The Morgan fingerprint density at radius 1 is 1.12 bits per heavy atom. The highest BCUT2D eigenvalue weighted by atomic mass is 16.2. The highest BCUT2D eigenvalue weighted by molar-refractivity contribution is 5.86. The lowest BCUT2D eigenvalue weighted by molar-refractivity contribution is -0.127. The molecule has 16 heavy (non-hydrogen) atoms. The summed E-state index contributed by atoms with van der Waals surface area (Å²) in [6, 6.07) is 0. The molecule has 0 saturated heterocycles. The molecule has 2 rings (SSSR count). The van der Waals surface area contributed by atoms with Crippen molar-refractivity contribution in [2.24, 2.45) is 11.7 Å². The molecule has 0 atom stereocenters. The van der Waals surface area contributed by atoms with Crippen LogP contribution in [0.25, 0.3) is 0 Å². The Hall–Kier alpha value is -0.570. The van der Waals surface area contributed by atoms with Crippen LogP contribution in [0.5, 0.6) is 0 Å². The van der Waals surface area contributed by atoms with E-state index in [2.05, 4.69) is 5.32 Å². The van der Waals surface area contributed by atoms with Gasteiger partial charge in [0.1, 0.15) is 0 Å². The van der Waals surface area contributed by atoms with Gasteiger partial charge in [-0.1, -0.05) is 32.1 Å². The van der Waals surface area contributed by atoms with Gasteiger partial charge in [-0.05, 0) is 31.6 Å². The number of hydrogen-bond donors (Lipinski definition) is 2. The summed E-state index contributed by atoms with van der Waals surface area (Å²) in [5, 5.41) is 3.07. The minimum Gasteiger partial charge on any atom is -0.354 e. The fraction of sp³-hybridized carbons (Fsp3) is 0.923. The standard InChI is InChI=1S/C13H24N2O/c14-13(8-4-1-5-9-13)12(16)15-10-11-6-2-3-7-11/h11H,1-10,14H2,(H,15,16). The van der Waals surface area contributed by atoms with Crippen LogP contribution in [0, 0.1) is 5.92 Å². The lowest BCUT2D eigenvalue weighted by Crippen LogP contribution is -2.55. The molecule has 1 amide bonds. The minimum atomic E-state index is -0.559. The van der Waals surface area contributed by atoms with Gasteiger partial charge in [-0.25, -0.2) is 0 Å². The Bertz CT molecular complexity index is 240. The lowest BCUT2D eigenvalue weighted by Gasteiger charge is -2.32. The number of rotatable bonds is 3. The Kier molecular flexibility index (Phi) is 3.85. The summed E-state index contributed by atoms with van der Waals surface area (Å²) in [5.74, 6) is 0.801. The molecule has 2 fully saturated rings. The second-order valence-electron chi connectivity index (χ2n) is 5.58. The quantitative estimate of drug-likeness (QED) is 0.770. The highest BCUT2D eigenvalue weighted by Crippen LogP contribution is 2.27. The van der Waals surface area contributed by atoms with E-state index in [0.29, 0.717) is 5.92 Å². The average molecular weight is 224 g/mol. The Morgan fingerprint density at radius 2 is 1.75 bits per heavy atom. The molecule has 3 nitrogen and oxygen atoms in total. The van der Waals surface area contributed by atoms with Crippen molar-refractivity contribution in [1.29, 1.82) is 0 Å². The molecule has 0 spiro atoms. The first-order chi connectivity index (χ1) is 7.71. The summed E-state index contributed by atoms with van der Waals surface area (Å²) in [4.78, 5) is 12.0. The van der Waals surface area contributed by atoms with Gasteiger partial charge in [0, 0.05) is 6.54 Å². The number of nitrogens with one attached hydrogen (secondary N) is 1. The van der Waals surface area contributed by atoms with Gasteiger partial charge in [0.25, 0.3) is 0 Å². The summed E-state index contributed by atoms with van der Waals surface area (Å²) in [5.41, 5.74) is 5.62. The van der Waals surface area contributed by atoms with Crippen molar-refractivity contribution in [2.75, 3.05) is 6.54 Å². The first kappa shape index (κ1) is 11.9. The van der Waals surface area contributed by atoms with Crippen LogP contribution in [0.4, 0.5) is 0 Å². The number of carbonyl (C=O) groups excluding carboxylic acids is 1. The van der Waals surface area contributed by atoms with Crippen molar-refractivity contribution in [3.63, 3.8) is 0 Å². The highest BCUT2D eigenvalue weighted by Gasteiger charge is 2.35. The van der Waals surface area contributed by atoms with Gasteiger partial charge in [0.05, 0.1) is 5.54 Å². The molecule has 2 aliphatic rings. The predicted molar refractivity (Wildman–Crippen MR) is 65.0 cm³/mol. The summed E-state index contributed by atoms with van der Waals surface area (Å²) in [6.45, 7) is 0.845. The van der Waals surface area contributed by atoms with Gasteiger partial charge in [-0.3, -0.25) is 4.79 Å². The van der Waals surface area contributed by atoms with Crippen molar-refractivity contribution in [3.05, 3.63) is 0 Å². The summed E-state index contributed by atoms with van der Waals surface area (Å²) in [6.07, 6.45) is 10.4. The van der Waals surface area contributed by atoms with Crippen molar-refractivity contribution < 1.29 is 4.79 Å². The van der Waals surface area contributed by atoms with E-state index in [0.717, 1.165) is 32.2 Å². The first-order valence-electron chi connectivity index (χ1n) is 6.78. The summed E-state index contributed by atoms with van der Waals surface area (Å²) < 4.78 is 0. The number of amides is 1. The summed E-state index contributed by atoms with van der Waals surface area (Å²) >= 11 is 0. The average Bonchev–Trinajstić information content (AvgIpc) is 2.79. The molecule has 3 N–H and O–H groups in total. The van der Waals surface area contributed by atoms with Crippen LogP contribution in [0.3, 0.4) is 0 Å². The second kappa shape index (κ2) is 5.17. The smallest absolute Gasteiger partial charge is 0.240 e. The third-order valence-corrected chi connectivity index (χ3v) is 4.22. The van der Waals surface area contributed by atoms with Gasteiger partial charge < -0.3 is 11.1 Å². The lowest BCUT2D eigenvalue weighted by atomic mass is 9.82. The SMILES string of the molecule is NC1(C(=O)NCC2CCCC2)CCCCC1. The zero-order valence-corrected chi connectivity index (χ0v) is 10.1. The molecule has 0 aromatic carbocycles. The monoisotopic (exact) mass is 224 g/mol. The largest absolute Gasteiger partial charge is 0.354 e. The molecule has 0 aliphatic heterocycles. The molecule has 0 heterocycles. The minimum absolute atomic E-state index is 0.0964. The van der Waals surface area contributed by atoms with Crippen molar-refractivity contribution >= 4 is 5.91 Å². The van der Waals surface area contributed by atoms with Gasteiger partial charge in [0.2, 0.25) is 5.91 Å². The third kappa shape index (κ3) is 2.76. The number of hydrogen-bond acceptors (Lipinski definition) is 2. The van der Waals surface area contributed by atoms with Crippen LogP contribution in [0.15, 0.2) is 0 Å². The molecule has 0 aromatic rings. The normalized spacial score (nSPS) is 25.6. The molecule has 0 bridgehead atoms. The van der Waals surface area contributed by atoms with Crippen LogP contribution < -0.4 is 11.1 Å². The van der Waals surface area contributed by atoms with E-state index in [1.165, 1.54) is 32.1 Å². The van der Waals surface area contributed by atoms with Crippen LogP contribution in [-0.4, -0.2) is 18.0 Å². The first-order valence-corrected chi connectivity index (χ1v) is 6.78. The van der Waals surface area contributed by atoms with E-state index in [1.54, 1.807) is 0 Å². The fourth-order valence-electron chi connectivity index (χ4n) is 3.04. The molecule has 3 heteroatoms. The zero-order chi connectivity index (χ0) is 11.4. The maximum absolute atomic E-state index is 12.0. The van der Waals surface area contributed by atoms with Gasteiger partial charge in [0.15, 0.2) is 0 Å². The van der Waals surface area contributed by atoms with Crippen molar-refractivity contribution in [1.82, 2.24) is 5.32 Å². The van der Waals surface area contributed by atoms with E-state index in [1.807, 2.05) is 0 Å². The maximum atomic E-state index is 12.0. The molecule has 0 radical (unpaired) electrons. The Labute approximate surface area is 98.2 Å². The fourth-order valence-corrected chi connectivity index (χ4v) is 3.04. The van der Waals surface area contributed by atoms with Gasteiger partial charge in [-0.2, -0.15) is 0 Å². The van der Waals surface area contributed by atoms with Gasteiger partial charge >= 0.3 is 0 Å². The molecule has 0 unspecified atom stereocenters. The predicted octanol–water partition coefficient (Wildman–Crippen LogP) is 1.95. The van der Waals surface area contributed by atoms with E-state index < -0.39 is 5.54 Å². The summed E-state index contributed by atoms with van der Waals surface area (Å²) in [7, 11) is 0. The van der Waals surface area contributed by atoms with E-state index in [9.17, 15) is 4.79 Å². The van der Waals surface area contributed by atoms with Crippen LogP contribution >= 0.6 is 0 Å². The molecule has 0 aromatic heterocycles. The molecule has 2 aliphatic carbocycles. The molecular weight excluding hydrogens is 200 g/mol. The van der Waals surface area contributed by atoms with E-state index in [-0.39, 0.29) is 5.91 Å². The second-order valence-corrected chi connectivity index (χ2v) is 5.58. The van der Waals surface area contributed by atoms with Crippen LogP contribution in [0.2, 0.25) is 0 Å². The van der Waals surface area contributed by atoms with E-state index >= 15 is 0 Å². The van der Waals surface area contributed by atoms with E-state index in [4.69, 9.17) is 5.73 Å². The van der Waals surface area contributed by atoms with Crippen molar-refractivity contribution in [3.8, 4) is 0 Å². The van der Waals surface area contributed by atoms with Gasteiger partial charge in [-0.15, -0.1) is 0 Å². The van der Waals surface area contributed by atoms with Crippen molar-refractivity contribution in [2.45, 2.75) is 63.3 Å². The Morgan fingerprint density at radius 3 is 2.38 bits per heavy atom.